The fourth-order valence-corrected chi connectivity index (χ4v) is 6.74. The Morgan fingerprint density at radius 2 is 1.68 bits per heavy atom. The van der Waals surface area contributed by atoms with Crippen LogP contribution in [0.3, 0.4) is 0 Å². The van der Waals surface area contributed by atoms with E-state index < -0.39 is 0 Å². The molecule has 3 aliphatic rings. The molecule has 44 heavy (non-hydrogen) atoms. The summed E-state index contributed by atoms with van der Waals surface area (Å²) in [5, 5.41) is 0. The highest BCUT2D eigenvalue weighted by atomic mass is 16.5. The average molecular weight is 598 g/mol. The quantitative estimate of drug-likeness (QED) is 0.402. The van der Waals surface area contributed by atoms with Gasteiger partial charge in [-0.15, -0.1) is 0 Å². The molecule has 3 aromatic rings. The molecule has 0 atom stereocenters. The summed E-state index contributed by atoms with van der Waals surface area (Å²) >= 11 is 0. The van der Waals surface area contributed by atoms with E-state index in [1.54, 1.807) is 25.7 Å². The van der Waals surface area contributed by atoms with Crippen LogP contribution in [0.4, 0.5) is 5.82 Å². The Labute approximate surface area is 260 Å². The predicted molar refractivity (Wildman–Crippen MR) is 168 cm³/mol. The third-order valence-corrected chi connectivity index (χ3v) is 9.64. The number of aromatic nitrogens is 2. The monoisotopic (exact) mass is 597 g/mol. The summed E-state index contributed by atoms with van der Waals surface area (Å²) in [7, 11) is 1.68. The third-order valence-electron chi connectivity index (χ3n) is 9.64. The van der Waals surface area contributed by atoms with E-state index in [4.69, 9.17) is 9.47 Å². The third kappa shape index (κ3) is 6.73. The molecule has 0 radical (unpaired) electrons. The van der Waals surface area contributed by atoms with Crippen molar-refractivity contribution in [1.82, 2.24) is 19.8 Å². The van der Waals surface area contributed by atoms with Crippen molar-refractivity contribution in [2.45, 2.75) is 45.1 Å². The molecular weight excluding hydrogens is 554 g/mol. The van der Waals surface area contributed by atoms with Crippen molar-refractivity contribution in [2.75, 3.05) is 57.9 Å². The number of anilines is 1. The number of para-hydroxylation sites is 1. The van der Waals surface area contributed by atoms with Crippen molar-refractivity contribution in [3.8, 4) is 5.75 Å². The Hall–Kier alpha value is -3.98. The zero-order valence-electron chi connectivity index (χ0n) is 25.7. The number of fused-ring (bicyclic) bond motifs is 1. The molecule has 1 spiro atoms. The van der Waals surface area contributed by atoms with Gasteiger partial charge in [-0.25, -0.2) is 4.98 Å². The number of amides is 2. The number of hydrogen-bond acceptors (Lipinski definition) is 7. The normalized spacial score (nSPS) is 20.1. The zero-order chi connectivity index (χ0) is 30.4. The second-order valence-corrected chi connectivity index (χ2v) is 12.7. The molecule has 2 aliphatic heterocycles. The highest BCUT2D eigenvalue weighted by Crippen LogP contribution is 2.48. The maximum absolute atomic E-state index is 14.2. The van der Waals surface area contributed by atoms with Gasteiger partial charge in [0.15, 0.2) is 0 Å². The van der Waals surface area contributed by atoms with E-state index in [0.717, 1.165) is 56.5 Å². The van der Waals surface area contributed by atoms with Gasteiger partial charge in [0.2, 0.25) is 5.91 Å². The van der Waals surface area contributed by atoms with Crippen molar-refractivity contribution < 1.29 is 19.1 Å². The van der Waals surface area contributed by atoms with Crippen LogP contribution in [0.2, 0.25) is 0 Å². The summed E-state index contributed by atoms with van der Waals surface area (Å²) in [6.45, 7) is 4.90. The van der Waals surface area contributed by atoms with Crippen LogP contribution < -0.4 is 9.64 Å². The number of carbonyl (C=O) groups excluding carboxylic acids is 2. The number of ether oxygens (including phenoxy) is 2. The Kier molecular flexibility index (Phi) is 9.12. The molecule has 2 amide bonds. The lowest BCUT2D eigenvalue weighted by Crippen LogP contribution is -2.48. The molecule has 9 heteroatoms. The molecule has 3 heterocycles. The summed E-state index contributed by atoms with van der Waals surface area (Å²) in [5.41, 5.74) is 1.24. The van der Waals surface area contributed by atoms with Crippen molar-refractivity contribution in [3.63, 3.8) is 0 Å². The van der Waals surface area contributed by atoms with Gasteiger partial charge in [-0.3, -0.25) is 14.6 Å². The number of likely N-dealkylation sites (tertiary alicyclic amines) is 1. The summed E-state index contributed by atoms with van der Waals surface area (Å²) < 4.78 is 12.0. The summed E-state index contributed by atoms with van der Waals surface area (Å²) in [4.78, 5) is 42.7. The van der Waals surface area contributed by atoms with Crippen LogP contribution in [0, 0.1) is 10.8 Å². The first-order valence-electron chi connectivity index (χ1n) is 15.9. The average Bonchev–Trinajstić information content (AvgIpc) is 3.86. The maximum Gasteiger partial charge on any atom is 0.257 e. The van der Waals surface area contributed by atoms with Crippen molar-refractivity contribution in [2.24, 2.45) is 10.8 Å². The van der Waals surface area contributed by atoms with Gasteiger partial charge >= 0.3 is 0 Å². The molecule has 1 saturated carbocycles. The fraction of sp³-hybridized carbons (Fsp3) is 0.486. The lowest BCUT2D eigenvalue weighted by atomic mass is 9.75. The highest BCUT2D eigenvalue weighted by molar-refractivity contribution is 5.97. The first kappa shape index (κ1) is 30.1. The minimum Gasteiger partial charge on any atom is -0.492 e. The first-order chi connectivity index (χ1) is 21.5. The van der Waals surface area contributed by atoms with Crippen LogP contribution >= 0.6 is 0 Å². The van der Waals surface area contributed by atoms with Crippen LogP contribution in [-0.4, -0.2) is 84.6 Å². The number of nitrogens with zero attached hydrogens (tertiary/aromatic N) is 5. The molecule has 2 aromatic carbocycles. The van der Waals surface area contributed by atoms with E-state index in [9.17, 15) is 9.59 Å². The van der Waals surface area contributed by atoms with E-state index in [2.05, 4.69) is 27.0 Å². The summed E-state index contributed by atoms with van der Waals surface area (Å²) in [6.07, 6.45) is 10.7. The fourth-order valence-electron chi connectivity index (χ4n) is 6.74. The van der Waals surface area contributed by atoms with Gasteiger partial charge in [0.05, 0.1) is 30.4 Å². The molecule has 0 unspecified atom stereocenters. The molecule has 9 nitrogen and oxygen atoms in total. The lowest BCUT2D eigenvalue weighted by Gasteiger charge is -2.43. The number of carbonyl (C=O) groups is 2. The molecule has 1 aromatic heterocycles. The van der Waals surface area contributed by atoms with Gasteiger partial charge in [0.25, 0.3) is 5.91 Å². The lowest BCUT2D eigenvalue weighted by molar-refractivity contribution is -0.142. The Balaban J connectivity index is 1.26. The summed E-state index contributed by atoms with van der Waals surface area (Å²) in [6, 6.07) is 17.7. The van der Waals surface area contributed by atoms with Gasteiger partial charge in [0.1, 0.15) is 11.6 Å². The second kappa shape index (κ2) is 13.3. The maximum atomic E-state index is 14.2. The van der Waals surface area contributed by atoms with Gasteiger partial charge in [0, 0.05) is 64.2 Å². The largest absolute Gasteiger partial charge is 0.492 e. The Bertz CT molecular complexity index is 1410. The van der Waals surface area contributed by atoms with Gasteiger partial charge in [-0.2, -0.15) is 0 Å². The topological polar surface area (TPSA) is 88.1 Å². The highest BCUT2D eigenvalue weighted by Gasteiger charge is 2.52. The molecule has 1 saturated heterocycles. The van der Waals surface area contributed by atoms with Crippen molar-refractivity contribution in [1.29, 1.82) is 0 Å². The second-order valence-electron chi connectivity index (χ2n) is 12.7. The van der Waals surface area contributed by atoms with E-state index in [0.29, 0.717) is 57.3 Å². The molecule has 0 N–H and O–H groups in total. The predicted octanol–water partition coefficient (Wildman–Crippen LogP) is 4.83. The molecule has 2 fully saturated rings. The van der Waals surface area contributed by atoms with E-state index in [1.807, 2.05) is 52.3 Å². The number of methoxy groups -OCH3 is 1. The molecule has 0 bridgehead atoms. The number of hydrogen-bond donors (Lipinski definition) is 0. The number of piperidine rings is 1. The standard InChI is InChI=1S/C35H43N5O4/c1-43-27-35(13-14-35)33(42)39-20-15-34(16-21-39)12-7-19-38(31-24-36-17-18-37-31)22-23-40(25-28-8-3-2-4-9-28)32(41)29-10-5-6-11-30(29)44-26-34/h2-6,8-11,17-18,24H,7,12-16,19-23,25-27H2,1H3. The van der Waals surface area contributed by atoms with Crippen LogP contribution in [0.1, 0.15) is 54.4 Å². The minimum atomic E-state index is -0.317. The number of benzene rings is 2. The zero-order valence-corrected chi connectivity index (χ0v) is 25.7. The van der Waals surface area contributed by atoms with E-state index >= 15 is 0 Å². The molecular formula is C35H43N5O4. The molecule has 6 rings (SSSR count). The first-order valence-corrected chi connectivity index (χ1v) is 15.9. The van der Waals surface area contributed by atoms with Crippen LogP contribution in [0.15, 0.2) is 73.2 Å². The van der Waals surface area contributed by atoms with Crippen molar-refractivity contribution >= 4 is 17.6 Å². The van der Waals surface area contributed by atoms with Gasteiger partial charge in [-0.1, -0.05) is 42.5 Å². The number of rotatable bonds is 6. The minimum absolute atomic E-state index is 0.0508. The smallest absolute Gasteiger partial charge is 0.257 e. The SMILES string of the molecule is COCC1(C(=O)N2CCC3(CCCN(c4cnccn4)CCN(Cc4ccccc4)C(=O)c4ccccc4OC3)CC2)CC1. The van der Waals surface area contributed by atoms with Gasteiger partial charge < -0.3 is 24.2 Å². The van der Waals surface area contributed by atoms with Crippen molar-refractivity contribution in [3.05, 3.63) is 84.3 Å². The van der Waals surface area contributed by atoms with Crippen LogP contribution in [-0.2, 0) is 16.1 Å². The van der Waals surface area contributed by atoms with Crippen LogP contribution in [0.5, 0.6) is 5.75 Å². The Morgan fingerprint density at radius 1 is 0.909 bits per heavy atom. The van der Waals surface area contributed by atoms with E-state index in [1.165, 1.54) is 0 Å². The van der Waals surface area contributed by atoms with Crippen LogP contribution in [0.25, 0.3) is 0 Å². The summed E-state index contributed by atoms with van der Waals surface area (Å²) in [5.74, 6) is 1.62. The molecule has 1 aliphatic carbocycles. The van der Waals surface area contributed by atoms with E-state index in [-0.39, 0.29) is 22.6 Å². The van der Waals surface area contributed by atoms with Gasteiger partial charge in [-0.05, 0) is 56.2 Å². The Morgan fingerprint density at radius 3 is 2.41 bits per heavy atom. The molecule has 232 valence electrons.